The van der Waals surface area contributed by atoms with Crippen LogP contribution in [-0.2, 0) is 10.2 Å². The highest BCUT2D eigenvalue weighted by atomic mass is 19.4. The van der Waals surface area contributed by atoms with Gasteiger partial charge in [-0.05, 0) is 51.0 Å². The molecule has 10 heteroatoms. The van der Waals surface area contributed by atoms with Gasteiger partial charge in [0, 0.05) is 17.5 Å². The lowest BCUT2D eigenvalue weighted by Gasteiger charge is -2.37. The third kappa shape index (κ3) is 4.68. The molecule has 3 N–H and O–H groups in total. The molecular weight excluding hydrogens is 415 g/mol. The van der Waals surface area contributed by atoms with Gasteiger partial charge in [0.2, 0.25) is 5.89 Å². The number of hydrogen-bond acceptors (Lipinski definition) is 6. The Morgan fingerprint density at radius 1 is 1.23 bits per heavy atom. The maximum Gasteiger partial charge on any atom is 0.490 e. The summed E-state index contributed by atoms with van der Waals surface area (Å²) in [4.78, 5) is 13.7. The molecule has 0 aliphatic heterocycles. The maximum absolute atomic E-state index is 10.6. The molecule has 0 saturated heterocycles. The van der Waals surface area contributed by atoms with E-state index in [9.17, 15) is 13.2 Å². The van der Waals surface area contributed by atoms with Gasteiger partial charge >= 0.3 is 12.1 Å². The summed E-state index contributed by atoms with van der Waals surface area (Å²) < 4.78 is 42.9. The number of ether oxygens (including phenoxy) is 1. The second kappa shape index (κ2) is 8.49. The number of nitrogens with zero attached hydrogens (tertiary/aromatic N) is 2. The predicted molar refractivity (Wildman–Crippen MR) is 105 cm³/mol. The standard InChI is InChI=1S/C19H25N3O2.C2HF3O2/c1-19(2,14-6-4-5-7-16(14)23-3)18-21-17(24-22-18)12-8-11-10-15(20)13(11)9-12;3-2(4,5)1(6)7/h4-7,11-13,15H,8-10,20H2,1-3H3;(H,6,7)/t11-,12?,13-,15+;/m1./s1. The molecule has 2 aliphatic rings. The van der Waals surface area contributed by atoms with Gasteiger partial charge in [-0.15, -0.1) is 0 Å². The fourth-order valence-corrected chi connectivity index (χ4v) is 4.42. The van der Waals surface area contributed by atoms with E-state index in [4.69, 9.17) is 29.9 Å². The zero-order valence-corrected chi connectivity index (χ0v) is 17.5. The van der Waals surface area contributed by atoms with Crippen molar-refractivity contribution in [2.24, 2.45) is 17.6 Å². The molecule has 0 radical (unpaired) electrons. The smallest absolute Gasteiger partial charge is 0.490 e. The highest BCUT2D eigenvalue weighted by molar-refractivity contribution is 5.73. The second-order valence-corrected chi connectivity index (χ2v) is 8.58. The lowest BCUT2D eigenvalue weighted by Crippen LogP contribution is -2.44. The van der Waals surface area contributed by atoms with Crippen molar-refractivity contribution in [2.75, 3.05) is 7.11 Å². The number of para-hydroxylation sites is 1. The van der Waals surface area contributed by atoms with Gasteiger partial charge in [0.05, 0.1) is 12.5 Å². The van der Waals surface area contributed by atoms with Gasteiger partial charge in [0.1, 0.15) is 5.75 Å². The van der Waals surface area contributed by atoms with Crippen LogP contribution in [0.1, 0.15) is 56.3 Å². The summed E-state index contributed by atoms with van der Waals surface area (Å²) in [5, 5.41) is 11.4. The van der Waals surface area contributed by atoms with E-state index < -0.39 is 12.1 Å². The van der Waals surface area contributed by atoms with Gasteiger partial charge in [0.15, 0.2) is 5.82 Å². The Kier molecular flexibility index (Phi) is 6.31. The minimum atomic E-state index is -5.08. The van der Waals surface area contributed by atoms with E-state index in [1.54, 1.807) is 7.11 Å². The van der Waals surface area contributed by atoms with Crippen molar-refractivity contribution in [3.63, 3.8) is 0 Å². The van der Waals surface area contributed by atoms with Crippen LogP contribution in [0, 0.1) is 11.8 Å². The Morgan fingerprint density at radius 2 is 1.87 bits per heavy atom. The van der Waals surface area contributed by atoms with Gasteiger partial charge in [-0.25, -0.2) is 4.79 Å². The maximum atomic E-state index is 10.6. The van der Waals surface area contributed by atoms with Crippen LogP contribution in [0.2, 0.25) is 0 Å². The van der Waals surface area contributed by atoms with E-state index in [-0.39, 0.29) is 5.41 Å². The van der Waals surface area contributed by atoms with Crippen LogP contribution in [0.4, 0.5) is 13.2 Å². The number of carboxylic acid groups (broad SMARTS) is 1. The molecular formula is C21H26F3N3O4. The summed E-state index contributed by atoms with van der Waals surface area (Å²) in [6, 6.07) is 8.37. The van der Waals surface area contributed by atoms with Crippen LogP contribution < -0.4 is 10.5 Å². The minimum Gasteiger partial charge on any atom is -0.496 e. The molecule has 1 aromatic heterocycles. The zero-order chi connectivity index (χ0) is 23.0. The molecule has 0 amide bonds. The highest BCUT2D eigenvalue weighted by Crippen LogP contribution is 2.52. The first-order valence-electron chi connectivity index (χ1n) is 9.98. The average molecular weight is 441 g/mol. The first-order valence-corrected chi connectivity index (χ1v) is 9.98. The summed E-state index contributed by atoms with van der Waals surface area (Å²) in [7, 11) is 1.69. The van der Waals surface area contributed by atoms with Gasteiger partial charge in [-0.1, -0.05) is 23.4 Å². The van der Waals surface area contributed by atoms with Crippen LogP contribution in [0.15, 0.2) is 28.8 Å². The van der Waals surface area contributed by atoms with Crippen molar-refractivity contribution in [3.05, 3.63) is 41.5 Å². The van der Waals surface area contributed by atoms with Crippen LogP contribution >= 0.6 is 0 Å². The first kappa shape index (κ1) is 23.1. The summed E-state index contributed by atoms with van der Waals surface area (Å²) >= 11 is 0. The molecule has 2 aliphatic carbocycles. The van der Waals surface area contributed by atoms with Crippen LogP contribution in [0.3, 0.4) is 0 Å². The summed E-state index contributed by atoms with van der Waals surface area (Å²) in [6.07, 6.45) is -1.72. The molecule has 170 valence electrons. The number of aromatic nitrogens is 2. The normalized spacial score (nSPS) is 25.1. The van der Waals surface area contributed by atoms with Gasteiger partial charge in [-0.3, -0.25) is 0 Å². The molecule has 0 bridgehead atoms. The molecule has 1 heterocycles. The van der Waals surface area contributed by atoms with Crippen LogP contribution in [0.5, 0.6) is 5.75 Å². The number of nitrogens with two attached hydrogens (primary N) is 1. The molecule has 0 spiro atoms. The molecule has 2 fully saturated rings. The fraction of sp³-hybridized carbons (Fsp3) is 0.571. The molecule has 4 atom stereocenters. The molecule has 1 aromatic carbocycles. The first-order chi connectivity index (χ1) is 14.4. The van der Waals surface area contributed by atoms with E-state index in [1.165, 1.54) is 0 Å². The third-order valence-corrected chi connectivity index (χ3v) is 6.25. The Labute approximate surface area is 177 Å². The van der Waals surface area contributed by atoms with Crippen LogP contribution in [0.25, 0.3) is 0 Å². The molecule has 7 nitrogen and oxygen atoms in total. The van der Waals surface area contributed by atoms with E-state index in [0.29, 0.717) is 23.7 Å². The Morgan fingerprint density at radius 3 is 2.42 bits per heavy atom. The quantitative estimate of drug-likeness (QED) is 0.741. The molecule has 2 saturated carbocycles. The number of carbonyl (C=O) groups is 1. The monoisotopic (exact) mass is 441 g/mol. The lowest BCUT2D eigenvalue weighted by atomic mass is 9.72. The highest BCUT2D eigenvalue weighted by Gasteiger charge is 2.48. The lowest BCUT2D eigenvalue weighted by molar-refractivity contribution is -0.192. The Bertz CT molecular complexity index is 929. The van der Waals surface area contributed by atoms with Crippen molar-refractivity contribution >= 4 is 5.97 Å². The van der Waals surface area contributed by atoms with E-state index >= 15 is 0 Å². The number of alkyl halides is 3. The van der Waals surface area contributed by atoms with Crippen molar-refractivity contribution in [2.45, 2.75) is 56.7 Å². The molecule has 2 aromatic rings. The zero-order valence-electron chi connectivity index (χ0n) is 17.5. The van der Waals surface area contributed by atoms with Crippen molar-refractivity contribution < 1.29 is 32.3 Å². The van der Waals surface area contributed by atoms with Crippen molar-refractivity contribution in [1.29, 1.82) is 0 Å². The Balaban J connectivity index is 0.000000339. The third-order valence-electron chi connectivity index (χ3n) is 6.25. The average Bonchev–Trinajstić information content (AvgIpc) is 3.32. The summed E-state index contributed by atoms with van der Waals surface area (Å²) in [6.45, 7) is 4.21. The van der Waals surface area contributed by atoms with E-state index in [0.717, 1.165) is 42.4 Å². The predicted octanol–water partition coefficient (Wildman–Crippen LogP) is 3.88. The minimum absolute atomic E-state index is 0.364. The molecule has 1 unspecified atom stereocenters. The van der Waals surface area contributed by atoms with Gasteiger partial charge in [0.25, 0.3) is 0 Å². The topological polar surface area (TPSA) is 111 Å². The number of fused-ring (bicyclic) bond motifs is 1. The number of hydrogen-bond donors (Lipinski definition) is 2. The molecule has 4 rings (SSSR count). The van der Waals surface area contributed by atoms with Gasteiger partial charge in [-0.2, -0.15) is 18.2 Å². The van der Waals surface area contributed by atoms with Crippen molar-refractivity contribution in [3.8, 4) is 5.75 Å². The number of aliphatic carboxylic acids is 1. The SMILES string of the molecule is COc1ccccc1C(C)(C)c1noc(C2C[C@@H]3C[C@H](N)[C@@H]3C2)n1.O=C(O)C(F)(F)F. The largest absolute Gasteiger partial charge is 0.496 e. The molecule has 31 heavy (non-hydrogen) atoms. The Hall–Kier alpha value is -2.62. The number of methoxy groups -OCH3 is 1. The summed E-state index contributed by atoms with van der Waals surface area (Å²) in [5.41, 5.74) is 6.80. The number of halogens is 3. The number of carboxylic acids is 1. The van der Waals surface area contributed by atoms with E-state index in [1.807, 2.05) is 18.2 Å². The van der Waals surface area contributed by atoms with Crippen LogP contribution in [-0.4, -0.2) is 40.5 Å². The number of rotatable bonds is 4. The van der Waals surface area contributed by atoms with E-state index in [2.05, 4.69) is 25.1 Å². The van der Waals surface area contributed by atoms with Gasteiger partial charge < -0.3 is 20.1 Å². The van der Waals surface area contributed by atoms with Crippen molar-refractivity contribution in [1.82, 2.24) is 10.1 Å². The summed E-state index contributed by atoms with van der Waals surface area (Å²) in [5.74, 6) is 1.34. The fourth-order valence-electron chi connectivity index (χ4n) is 4.42. The second-order valence-electron chi connectivity index (χ2n) is 8.58. The number of benzene rings is 1.